The van der Waals surface area contributed by atoms with E-state index >= 15 is 0 Å². The van der Waals surface area contributed by atoms with Crippen LogP contribution in [-0.4, -0.2) is 25.5 Å². The molecule has 1 unspecified atom stereocenters. The van der Waals surface area contributed by atoms with E-state index in [-0.39, 0.29) is 24.4 Å². The van der Waals surface area contributed by atoms with Crippen LogP contribution in [-0.2, 0) is 4.79 Å². The van der Waals surface area contributed by atoms with Crippen molar-refractivity contribution in [2.75, 3.05) is 24.3 Å². The molecular weight excluding hydrogens is 414 g/mol. The normalized spacial score (nSPS) is 11.3. The van der Waals surface area contributed by atoms with Crippen LogP contribution in [0.25, 0.3) is 0 Å². The SMILES string of the molecule is COc1ccc(NCC(=O)Nc2ccc(C(=O)NC(C)c3ccccc3)cc2)cc1Cl. The number of hydrogen-bond acceptors (Lipinski definition) is 4. The van der Waals surface area contributed by atoms with Gasteiger partial charge in [-0.25, -0.2) is 0 Å². The van der Waals surface area contributed by atoms with Crippen LogP contribution in [0.1, 0.15) is 28.9 Å². The minimum Gasteiger partial charge on any atom is -0.495 e. The van der Waals surface area contributed by atoms with Gasteiger partial charge in [-0.1, -0.05) is 41.9 Å². The number of methoxy groups -OCH3 is 1. The maximum Gasteiger partial charge on any atom is 0.251 e. The molecule has 7 heteroatoms. The van der Waals surface area contributed by atoms with Crippen LogP contribution in [0.5, 0.6) is 5.75 Å². The lowest BCUT2D eigenvalue weighted by Crippen LogP contribution is -2.26. The van der Waals surface area contributed by atoms with Crippen LogP contribution < -0.4 is 20.7 Å². The smallest absolute Gasteiger partial charge is 0.251 e. The molecule has 1 atom stereocenters. The molecular formula is C24H24ClN3O3. The summed E-state index contributed by atoms with van der Waals surface area (Å²) >= 11 is 6.08. The summed E-state index contributed by atoms with van der Waals surface area (Å²) in [6.07, 6.45) is 0. The van der Waals surface area contributed by atoms with Gasteiger partial charge < -0.3 is 20.7 Å². The van der Waals surface area contributed by atoms with Crippen molar-refractivity contribution in [2.24, 2.45) is 0 Å². The van der Waals surface area contributed by atoms with Gasteiger partial charge >= 0.3 is 0 Å². The molecule has 0 fully saturated rings. The fraction of sp³-hybridized carbons (Fsp3) is 0.167. The third-order valence-electron chi connectivity index (χ3n) is 4.68. The van der Waals surface area contributed by atoms with Crippen molar-refractivity contribution in [2.45, 2.75) is 13.0 Å². The highest BCUT2D eigenvalue weighted by molar-refractivity contribution is 6.32. The summed E-state index contributed by atoms with van der Waals surface area (Å²) in [5.41, 5.74) is 2.87. The fourth-order valence-electron chi connectivity index (χ4n) is 2.97. The predicted molar refractivity (Wildman–Crippen MR) is 124 cm³/mol. The topological polar surface area (TPSA) is 79.5 Å². The number of rotatable bonds is 8. The Balaban J connectivity index is 1.51. The van der Waals surface area contributed by atoms with Gasteiger partial charge in [0.2, 0.25) is 5.91 Å². The number of hydrogen-bond donors (Lipinski definition) is 3. The van der Waals surface area contributed by atoms with E-state index in [0.717, 1.165) is 5.56 Å². The standard InChI is InChI=1S/C24H24ClN3O3/c1-16(17-6-4-3-5-7-17)27-24(30)18-8-10-19(11-9-18)28-23(29)15-26-20-12-13-22(31-2)21(25)14-20/h3-14,16,26H,15H2,1-2H3,(H,27,30)(H,28,29). The lowest BCUT2D eigenvalue weighted by atomic mass is 10.1. The second kappa shape index (κ2) is 10.5. The molecule has 0 aliphatic heterocycles. The quantitative estimate of drug-likeness (QED) is 0.468. The fourth-order valence-corrected chi connectivity index (χ4v) is 3.23. The van der Waals surface area contributed by atoms with Gasteiger partial charge in [-0.2, -0.15) is 0 Å². The highest BCUT2D eigenvalue weighted by atomic mass is 35.5. The largest absolute Gasteiger partial charge is 0.495 e. The van der Waals surface area contributed by atoms with Gasteiger partial charge in [-0.05, 0) is 55.0 Å². The Morgan fingerprint density at radius 3 is 2.29 bits per heavy atom. The lowest BCUT2D eigenvalue weighted by molar-refractivity contribution is -0.114. The average molecular weight is 438 g/mol. The lowest BCUT2D eigenvalue weighted by Gasteiger charge is -2.14. The Bertz CT molecular complexity index is 1040. The van der Waals surface area contributed by atoms with Gasteiger partial charge in [0.15, 0.2) is 0 Å². The average Bonchev–Trinajstić information content (AvgIpc) is 2.78. The van der Waals surface area contributed by atoms with Crippen LogP contribution in [0.15, 0.2) is 72.8 Å². The van der Waals surface area contributed by atoms with E-state index in [1.54, 1.807) is 49.6 Å². The molecule has 3 aromatic rings. The summed E-state index contributed by atoms with van der Waals surface area (Å²) in [5, 5.41) is 9.23. The minimum absolute atomic E-state index is 0.0689. The number of halogens is 1. The first-order valence-corrected chi connectivity index (χ1v) is 10.2. The van der Waals surface area contributed by atoms with Crippen LogP contribution in [0.3, 0.4) is 0 Å². The van der Waals surface area contributed by atoms with Crippen molar-refractivity contribution in [3.05, 3.63) is 88.9 Å². The summed E-state index contributed by atoms with van der Waals surface area (Å²) < 4.78 is 5.11. The Kier molecular flexibility index (Phi) is 7.51. The van der Waals surface area contributed by atoms with Crippen LogP contribution >= 0.6 is 11.6 Å². The van der Waals surface area contributed by atoms with Crippen molar-refractivity contribution in [1.82, 2.24) is 5.32 Å². The van der Waals surface area contributed by atoms with Gasteiger partial charge in [0.05, 0.1) is 24.7 Å². The van der Waals surface area contributed by atoms with E-state index in [4.69, 9.17) is 16.3 Å². The molecule has 0 radical (unpaired) electrons. The van der Waals surface area contributed by atoms with Gasteiger partial charge in [-0.3, -0.25) is 9.59 Å². The summed E-state index contributed by atoms with van der Waals surface area (Å²) in [7, 11) is 1.54. The second-order valence-electron chi connectivity index (χ2n) is 6.93. The zero-order valence-corrected chi connectivity index (χ0v) is 18.1. The second-order valence-corrected chi connectivity index (χ2v) is 7.34. The molecule has 160 valence electrons. The van der Waals surface area contributed by atoms with E-state index in [9.17, 15) is 9.59 Å². The highest BCUT2D eigenvalue weighted by Gasteiger charge is 2.11. The molecule has 0 aromatic heterocycles. The first-order chi connectivity index (χ1) is 15.0. The van der Waals surface area contributed by atoms with Gasteiger partial charge in [0, 0.05) is 16.9 Å². The third kappa shape index (κ3) is 6.23. The molecule has 0 saturated heterocycles. The Morgan fingerprint density at radius 2 is 1.65 bits per heavy atom. The van der Waals surface area contributed by atoms with Crippen molar-refractivity contribution >= 4 is 34.8 Å². The molecule has 0 bridgehead atoms. The first-order valence-electron chi connectivity index (χ1n) is 9.79. The molecule has 3 aromatic carbocycles. The molecule has 3 N–H and O–H groups in total. The van der Waals surface area contributed by atoms with Gasteiger partial charge in [-0.15, -0.1) is 0 Å². The number of carbonyl (C=O) groups excluding carboxylic acids is 2. The maximum absolute atomic E-state index is 12.5. The summed E-state index contributed by atoms with van der Waals surface area (Å²) in [6.45, 7) is 2.00. The van der Waals surface area contributed by atoms with Crippen molar-refractivity contribution in [1.29, 1.82) is 0 Å². The molecule has 0 heterocycles. The minimum atomic E-state index is -0.221. The van der Waals surface area contributed by atoms with E-state index in [1.807, 2.05) is 37.3 Å². The maximum atomic E-state index is 12.5. The van der Waals surface area contributed by atoms with Gasteiger partial charge in [0.25, 0.3) is 5.91 Å². The number of benzene rings is 3. The van der Waals surface area contributed by atoms with E-state index in [0.29, 0.717) is 27.7 Å². The number of ether oxygens (including phenoxy) is 1. The molecule has 0 aliphatic carbocycles. The number of anilines is 2. The number of nitrogens with one attached hydrogen (secondary N) is 3. The van der Waals surface area contributed by atoms with Gasteiger partial charge in [0.1, 0.15) is 5.75 Å². The van der Waals surface area contributed by atoms with Crippen molar-refractivity contribution < 1.29 is 14.3 Å². The molecule has 0 saturated carbocycles. The number of carbonyl (C=O) groups is 2. The van der Waals surface area contributed by atoms with E-state index < -0.39 is 0 Å². The molecule has 31 heavy (non-hydrogen) atoms. The predicted octanol–water partition coefficient (Wildman–Crippen LogP) is 4.89. The first kappa shape index (κ1) is 22.2. The van der Waals surface area contributed by atoms with Crippen molar-refractivity contribution in [3.63, 3.8) is 0 Å². The third-order valence-corrected chi connectivity index (χ3v) is 4.98. The summed E-state index contributed by atoms with van der Waals surface area (Å²) in [5.74, 6) is 0.174. The molecule has 0 aliphatic rings. The zero-order chi connectivity index (χ0) is 22.2. The molecule has 6 nitrogen and oxygen atoms in total. The highest BCUT2D eigenvalue weighted by Crippen LogP contribution is 2.27. The molecule has 0 spiro atoms. The molecule has 2 amide bonds. The Hall–Kier alpha value is -3.51. The Morgan fingerprint density at radius 1 is 0.968 bits per heavy atom. The van der Waals surface area contributed by atoms with Crippen LogP contribution in [0.4, 0.5) is 11.4 Å². The monoisotopic (exact) mass is 437 g/mol. The summed E-state index contributed by atoms with van der Waals surface area (Å²) in [6, 6.07) is 21.6. The molecule has 3 rings (SSSR count). The van der Waals surface area contributed by atoms with Crippen molar-refractivity contribution in [3.8, 4) is 5.75 Å². The Labute approximate surface area is 186 Å². The number of amides is 2. The van der Waals surface area contributed by atoms with Crippen LogP contribution in [0, 0.1) is 0 Å². The zero-order valence-electron chi connectivity index (χ0n) is 17.3. The summed E-state index contributed by atoms with van der Waals surface area (Å²) in [4.78, 5) is 24.7. The van der Waals surface area contributed by atoms with Crippen LogP contribution in [0.2, 0.25) is 5.02 Å². The van der Waals surface area contributed by atoms with E-state index in [2.05, 4.69) is 16.0 Å². The van der Waals surface area contributed by atoms with E-state index in [1.165, 1.54) is 0 Å².